The van der Waals surface area contributed by atoms with E-state index >= 15 is 0 Å². The number of hydrogen-bond donors (Lipinski definition) is 2. The molecule has 1 saturated heterocycles. The van der Waals surface area contributed by atoms with Gasteiger partial charge < -0.3 is 11.1 Å². The van der Waals surface area contributed by atoms with Gasteiger partial charge in [-0.2, -0.15) is 0 Å². The normalized spacial score (nSPS) is 24.6. The van der Waals surface area contributed by atoms with E-state index in [1.807, 2.05) is 32.0 Å². The highest BCUT2D eigenvalue weighted by Crippen LogP contribution is 2.25. The highest BCUT2D eigenvalue weighted by Gasteiger charge is 2.32. The van der Waals surface area contributed by atoms with E-state index in [0.29, 0.717) is 12.0 Å². The van der Waals surface area contributed by atoms with Crippen LogP contribution in [0.2, 0.25) is 0 Å². The monoisotopic (exact) mass is 275 g/mol. The number of nitrogens with two attached hydrogens (primary N) is 1. The number of anilines is 2. The van der Waals surface area contributed by atoms with E-state index in [4.69, 9.17) is 5.73 Å². The van der Waals surface area contributed by atoms with Gasteiger partial charge in [-0.1, -0.05) is 6.92 Å². The topological polar surface area (TPSA) is 58.4 Å². The van der Waals surface area contributed by atoms with Crippen LogP contribution in [0.15, 0.2) is 18.2 Å². The molecule has 0 radical (unpaired) electrons. The van der Waals surface area contributed by atoms with Crippen molar-refractivity contribution in [1.29, 1.82) is 0 Å². The van der Waals surface area contributed by atoms with Crippen molar-refractivity contribution < 1.29 is 4.79 Å². The van der Waals surface area contributed by atoms with Crippen LogP contribution in [0.3, 0.4) is 0 Å². The van der Waals surface area contributed by atoms with Crippen molar-refractivity contribution in [1.82, 2.24) is 4.90 Å². The van der Waals surface area contributed by atoms with Crippen LogP contribution in [0, 0.1) is 12.8 Å². The number of carbonyl (C=O) groups excluding carboxylic acids is 1. The van der Waals surface area contributed by atoms with Gasteiger partial charge in [-0.25, -0.2) is 0 Å². The van der Waals surface area contributed by atoms with E-state index in [-0.39, 0.29) is 11.9 Å². The Morgan fingerprint density at radius 2 is 2.15 bits per heavy atom. The van der Waals surface area contributed by atoms with Crippen LogP contribution in [0.4, 0.5) is 11.4 Å². The van der Waals surface area contributed by atoms with E-state index in [1.165, 1.54) is 6.42 Å². The Kier molecular flexibility index (Phi) is 4.33. The lowest BCUT2D eigenvalue weighted by Gasteiger charge is -2.27. The summed E-state index contributed by atoms with van der Waals surface area (Å²) in [6.45, 7) is 9.37. The summed E-state index contributed by atoms with van der Waals surface area (Å²) < 4.78 is 0. The molecule has 0 aliphatic carbocycles. The lowest BCUT2D eigenvalue weighted by Crippen LogP contribution is -2.43. The van der Waals surface area contributed by atoms with Crippen molar-refractivity contribution in [3.8, 4) is 0 Å². The molecule has 1 fully saturated rings. The summed E-state index contributed by atoms with van der Waals surface area (Å²) >= 11 is 0. The van der Waals surface area contributed by atoms with Gasteiger partial charge in [0, 0.05) is 24.0 Å². The molecule has 0 spiro atoms. The van der Waals surface area contributed by atoms with Crippen LogP contribution >= 0.6 is 0 Å². The van der Waals surface area contributed by atoms with Crippen molar-refractivity contribution in [2.24, 2.45) is 5.92 Å². The van der Waals surface area contributed by atoms with E-state index in [2.05, 4.69) is 24.1 Å². The lowest BCUT2D eigenvalue weighted by atomic mass is 10.1. The molecule has 1 aromatic carbocycles. The van der Waals surface area contributed by atoms with Crippen molar-refractivity contribution in [3.05, 3.63) is 23.8 Å². The molecule has 1 amide bonds. The number of carbonyl (C=O) groups is 1. The number of likely N-dealkylation sites (tertiary alicyclic amines) is 1. The summed E-state index contributed by atoms with van der Waals surface area (Å²) in [6.07, 6.45) is 1.17. The number of nitrogens with one attached hydrogen (secondary N) is 1. The molecule has 1 aromatic rings. The minimum atomic E-state index is -0.105. The number of nitrogen functional groups attached to an aromatic ring is 1. The molecule has 1 aliphatic rings. The molecule has 0 saturated carbocycles. The standard InChI is InChI=1S/C16H25N3O/c1-10-7-12(3)19(9-10)13(4)16(20)18-15-6-5-14(17)8-11(15)2/h5-6,8,10,12-13H,7,9,17H2,1-4H3,(H,18,20). The average molecular weight is 275 g/mol. The van der Waals surface area contributed by atoms with Crippen LogP contribution in [0.5, 0.6) is 0 Å². The van der Waals surface area contributed by atoms with Crippen molar-refractivity contribution in [2.75, 3.05) is 17.6 Å². The molecular weight excluding hydrogens is 250 g/mol. The van der Waals surface area contributed by atoms with E-state index < -0.39 is 0 Å². The Hall–Kier alpha value is -1.55. The number of aryl methyl sites for hydroxylation is 1. The lowest BCUT2D eigenvalue weighted by molar-refractivity contribution is -0.121. The van der Waals surface area contributed by atoms with Crippen molar-refractivity contribution in [2.45, 2.75) is 46.2 Å². The van der Waals surface area contributed by atoms with Gasteiger partial charge in [-0.15, -0.1) is 0 Å². The number of amides is 1. The highest BCUT2D eigenvalue weighted by atomic mass is 16.2. The van der Waals surface area contributed by atoms with E-state index in [1.54, 1.807) is 0 Å². The second kappa shape index (κ2) is 5.83. The number of hydrogen-bond acceptors (Lipinski definition) is 3. The Balaban J connectivity index is 2.04. The highest BCUT2D eigenvalue weighted by molar-refractivity contribution is 5.95. The largest absolute Gasteiger partial charge is 0.399 e. The van der Waals surface area contributed by atoms with Gasteiger partial charge in [-0.05, 0) is 56.9 Å². The van der Waals surface area contributed by atoms with Gasteiger partial charge in [0.05, 0.1) is 6.04 Å². The summed E-state index contributed by atoms with van der Waals surface area (Å²) in [6, 6.07) is 5.92. The number of nitrogens with zero attached hydrogens (tertiary/aromatic N) is 1. The summed E-state index contributed by atoms with van der Waals surface area (Å²) in [7, 11) is 0. The molecule has 2 rings (SSSR count). The van der Waals surface area contributed by atoms with Gasteiger partial charge in [0.25, 0.3) is 0 Å². The molecule has 3 unspecified atom stereocenters. The van der Waals surface area contributed by atoms with Gasteiger partial charge in [0.15, 0.2) is 0 Å². The van der Waals surface area contributed by atoms with Crippen molar-refractivity contribution in [3.63, 3.8) is 0 Å². The molecule has 3 atom stereocenters. The Morgan fingerprint density at radius 3 is 2.70 bits per heavy atom. The Labute approximate surface area is 121 Å². The smallest absolute Gasteiger partial charge is 0.241 e. The first kappa shape index (κ1) is 14.9. The zero-order valence-electron chi connectivity index (χ0n) is 12.8. The average Bonchev–Trinajstić information content (AvgIpc) is 2.71. The molecule has 0 bridgehead atoms. The van der Waals surface area contributed by atoms with Crippen LogP contribution in [0.25, 0.3) is 0 Å². The van der Waals surface area contributed by atoms with Gasteiger partial charge in [0.2, 0.25) is 5.91 Å². The zero-order valence-corrected chi connectivity index (χ0v) is 12.8. The minimum absolute atomic E-state index is 0.0545. The van der Waals surface area contributed by atoms with Gasteiger partial charge >= 0.3 is 0 Å². The summed E-state index contributed by atoms with van der Waals surface area (Å²) in [5.41, 5.74) is 8.29. The molecule has 1 aliphatic heterocycles. The SMILES string of the molecule is Cc1cc(N)ccc1NC(=O)C(C)N1CC(C)CC1C. The molecule has 20 heavy (non-hydrogen) atoms. The Bertz CT molecular complexity index is 500. The minimum Gasteiger partial charge on any atom is -0.399 e. The summed E-state index contributed by atoms with van der Waals surface area (Å²) in [4.78, 5) is 14.7. The van der Waals surface area contributed by atoms with Gasteiger partial charge in [0.1, 0.15) is 0 Å². The first-order valence-corrected chi connectivity index (χ1v) is 7.31. The first-order chi connectivity index (χ1) is 9.38. The molecular formula is C16H25N3O. The van der Waals surface area contributed by atoms with Crippen molar-refractivity contribution >= 4 is 17.3 Å². The maximum absolute atomic E-state index is 12.4. The predicted molar refractivity (Wildman–Crippen MR) is 83.6 cm³/mol. The maximum Gasteiger partial charge on any atom is 0.241 e. The van der Waals surface area contributed by atoms with Crippen LogP contribution in [0.1, 0.15) is 32.8 Å². The third-order valence-corrected chi connectivity index (χ3v) is 4.22. The predicted octanol–water partition coefficient (Wildman–Crippen LogP) is 2.63. The molecule has 110 valence electrons. The quantitative estimate of drug-likeness (QED) is 0.834. The molecule has 1 heterocycles. The van der Waals surface area contributed by atoms with Crippen LogP contribution in [-0.2, 0) is 4.79 Å². The maximum atomic E-state index is 12.4. The third kappa shape index (κ3) is 3.12. The fraction of sp³-hybridized carbons (Fsp3) is 0.562. The molecule has 4 nitrogen and oxygen atoms in total. The number of rotatable bonds is 3. The zero-order chi connectivity index (χ0) is 14.9. The van der Waals surface area contributed by atoms with E-state index in [0.717, 1.165) is 23.5 Å². The fourth-order valence-electron chi connectivity index (χ4n) is 3.09. The number of benzene rings is 1. The third-order valence-electron chi connectivity index (χ3n) is 4.22. The molecule has 0 aromatic heterocycles. The Morgan fingerprint density at radius 1 is 1.45 bits per heavy atom. The first-order valence-electron chi connectivity index (χ1n) is 7.31. The molecule has 4 heteroatoms. The van der Waals surface area contributed by atoms with Crippen LogP contribution < -0.4 is 11.1 Å². The van der Waals surface area contributed by atoms with Crippen LogP contribution in [-0.4, -0.2) is 29.4 Å². The summed E-state index contributed by atoms with van der Waals surface area (Å²) in [5.74, 6) is 0.720. The van der Waals surface area contributed by atoms with Gasteiger partial charge in [-0.3, -0.25) is 9.69 Å². The molecule has 3 N–H and O–H groups in total. The fourth-order valence-corrected chi connectivity index (χ4v) is 3.09. The second-order valence-electron chi connectivity index (χ2n) is 6.13. The summed E-state index contributed by atoms with van der Waals surface area (Å²) in [5, 5.41) is 3.01. The van der Waals surface area contributed by atoms with E-state index in [9.17, 15) is 4.79 Å². The second-order valence-corrected chi connectivity index (χ2v) is 6.13.